The van der Waals surface area contributed by atoms with Gasteiger partial charge in [0.25, 0.3) is 0 Å². The minimum Gasteiger partial charge on any atom is -0.465 e. The Kier molecular flexibility index (Phi) is 2.69. The average Bonchev–Trinajstić information content (AvgIpc) is 2.47. The highest BCUT2D eigenvalue weighted by Crippen LogP contribution is 2.54. The van der Waals surface area contributed by atoms with E-state index in [1.54, 1.807) is 11.8 Å². The molecule has 2 aliphatic rings. The predicted molar refractivity (Wildman–Crippen MR) is 54.4 cm³/mol. The Morgan fingerprint density at radius 3 is 2.77 bits per heavy atom. The molecule has 13 heavy (non-hydrogen) atoms. The van der Waals surface area contributed by atoms with E-state index in [0.29, 0.717) is 12.5 Å². The van der Waals surface area contributed by atoms with E-state index in [0.717, 1.165) is 18.6 Å². The smallest absolute Gasteiger partial charge is 0.319 e. The van der Waals surface area contributed by atoms with Gasteiger partial charge in [-0.3, -0.25) is 4.79 Å². The molecule has 2 fully saturated rings. The third kappa shape index (κ3) is 2.25. The molecule has 74 valence electrons. The molecule has 5 heteroatoms. The fraction of sp³-hybridized carbons (Fsp3) is 0.875. The maximum absolute atomic E-state index is 11.1. The summed E-state index contributed by atoms with van der Waals surface area (Å²) in [4.78, 5) is 11.1. The molecule has 1 saturated heterocycles. The molecule has 0 amide bonds. The number of thioether (sulfide) groups is 1. The van der Waals surface area contributed by atoms with Crippen LogP contribution in [0.5, 0.6) is 0 Å². The molecule has 2 unspecified atom stereocenters. The van der Waals surface area contributed by atoms with Crippen molar-refractivity contribution in [2.75, 3.05) is 12.4 Å². The van der Waals surface area contributed by atoms with E-state index in [4.69, 9.17) is 27.9 Å². The van der Waals surface area contributed by atoms with Gasteiger partial charge in [0.15, 0.2) is 0 Å². The molecule has 1 heterocycles. The van der Waals surface area contributed by atoms with Crippen LogP contribution in [0, 0.1) is 5.92 Å². The van der Waals surface area contributed by atoms with Crippen molar-refractivity contribution in [3.05, 3.63) is 0 Å². The Morgan fingerprint density at radius 2 is 2.31 bits per heavy atom. The number of carbonyl (C=O) groups is 1. The van der Waals surface area contributed by atoms with E-state index < -0.39 is 4.33 Å². The Labute approximate surface area is 91.3 Å². The molecular weight excluding hydrogens is 231 g/mol. The van der Waals surface area contributed by atoms with E-state index in [9.17, 15) is 4.79 Å². The minimum atomic E-state index is -0.518. The molecule has 0 N–H and O–H groups in total. The zero-order valence-corrected chi connectivity index (χ0v) is 9.29. The van der Waals surface area contributed by atoms with Crippen LogP contribution in [-0.4, -0.2) is 27.9 Å². The first-order valence-corrected chi connectivity index (χ1v) is 6.06. The Balaban J connectivity index is 1.71. The van der Waals surface area contributed by atoms with Crippen LogP contribution in [0.25, 0.3) is 0 Å². The highest BCUT2D eigenvalue weighted by molar-refractivity contribution is 8.00. The van der Waals surface area contributed by atoms with Crippen molar-refractivity contribution in [1.82, 2.24) is 0 Å². The summed E-state index contributed by atoms with van der Waals surface area (Å²) in [6.07, 6.45) is 1.68. The molecule has 0 spiro atoms. The second-order valence-corrected chi connectivity index (χ2v) is 6.22. The standard InChI is InChI=1S/C8H10Cl2O2S/c9-8(10)3-5(8)4-13-6-1-2-12-7(6)11/h5-6H,1-4H2. The molecule has 0 aromatic carbocycles. The lowest BCUT2D eigenvalue weighted by Crippen LogP contribution is -2.11. The summed E-state index contributed by atoms with van der Waals surface area (Å²) in [7, 11) is 0. The number of cyclic esters (lactones) is 1. The van der Waals surface area contributed by atoms with Crippen molar-refractivity contribution >= 4 is 40.9 Å². The zero-order valence-electron chi connectivity index (χ0n) is 6.96. The van der Waals surface area contributed by atoms with Gasteiger partial charge in [-0.15, -0.1) is 35.0 Å². The number of hydrogen-bond donors (Lipinski definition) is 0. The van der Waals surface area contributed by atoms with Crippen LogP contribution in [-0.2, 0) is 9.53 Å². The number of halogens is 2. The van der Waals surface area contributed by atoms with E-state index in [-0.39, 0.29) is 11.2 Å². The SMILES string of the molecule is O=C1OCCC1SCC1CC1(Cl)Cl. The summed E-state index contributed by atoms with van der Waals surface area (Å²) in [5, 5.41) is 0.0183. The summed E-state index contributed by atoms with van der Waals surface area (Å²) in [6, 6.07) is 0. The molecule has 2 nitrogen and oxygen atoms in total. The van der Waals surface area contributed by atoms with Gasteiger partial charge in [0, 0.05) is 12.3 Å². The normalized spacial score (nSPS) is 36.0. The number of esters is 1. The summed E-state index contributed by atoms with van der Waals surface area (Å²) < 4.78 is 4.33. The van der Waals surface area contributed by atoms with Gasteiger partial charge >= 0.3 is 5.97 Å². The second-order valence-electron chi connectivity index (χ2n) is 3.44. The molecule has 0 aromatic rings. The maximum Gasteiger partial charge on any atom is 0.319 e. The van der Waals surface area contributed by atoms with Crippen LogP contribution in [0.15, 0.2) is 0 Å². The largest absolute Gasteiger partial charge is 0.465 e. The Hall–Kier alpha value is 0.400. The van der Waals surface area contributed by atoms with Gasteiger partial charge in [-0.1, -0.05) is 0 Å². The van der Waals surface area contributed by atoms with Gasteiger partial charge in [-0.05, 0) is 12.2 Å². The lowest BCUT2D eigenvalue weighted by Gasteiger charge is -2.04. The van der Waals surface area contributed by atoms with Crippen LogP contribution in [0.2, 0.25) is 0 Å². The molecule has 2 atom stereocenters. The number of hydrogen-bond acceptors (Lipinski definition) is 3. The molecule has 1 aliphatic heterocycles. The highest BCUT2D eigenvalue weighted by Gasteiger charge is 2.51. The minimum absolute atomic E-state index is 0.0183. The van der Waals surface area contributed by atoms with Crippen molar-refractivity contribution in [1.29, 1.82) is 0 Å². The van der Waals surface area contributed by atoms with Gasteiger partial charge in [0.05, 0.1) is 6.61 Å². The maximum atomic E-state index is 11.1. The van der Waals surface area contributed by atoms with E-state index in [1.165, 1.54) is 0 Å². The molecule has 0 aromatic heterocycles. The third-order valence-electron chi connectivity index (χ3n) is 2.34. The van der Waals surface area contributed by atoms with Crippen molar-refractivity contribution in [2.45, 2.75) is 22.4 Å². The number of carbonyl (C=O) groups excluding carboxylic acids is 1. The number of ether oxygens (including phenoxy) is 1. The topological polar surface area (TPSA) is 26.3 Å². The predicted octanol–water partition coefficient (Wildman–Crippen LogP) is 2.23. The molecular formula is C8H10Cl2O2S. The Morgan fingerprint density at radius 1 is 1.62 bits per heavy atom. The molecule has 1 aliphatic carbocycles. The van der Waals surface area contributed by atoms with Gasteiger partial charge in [-0.25, -0.2) is 0 Å². The van der Waals surface area contributed by atoms with Gasteiger partial charge in [0.1, 0.15) is 9.58 Å². The summed E-state index contributed by atoms with van der Waals surface area (Å²) >= 11 is 13.4. The van der Waals surface area contributed by atoms with Crippen LogP contribution in [0.4, 0.5) is 0 Å². The van der Waals surface area contributed by atoms with Gasteiger partial charge in [-0.2, -0.15) is 0 Å². The lowest BCUT2D eigenvalue weighted by atomic mass is 10.4. The number of alkyl halides is 2. The summed E-state index contributed by atoms with van der Waals surface area (Å²) in [5.74, 6) is 1.14. The van der Waals surface area contributed by atoms with E-state index in [2.05, 4.69) is 0 Å². The van der Waals surface area contributed by atoms with Gasteiger partial charge in [0.2, 0.25) is 0 Å². The van der Waals surface area contributed by atoms with Gasteiger partial charge < -0.3 is 4.74 Å². The van der Waals surface area contributed by atoms with Crippen LogP contribution in [0.3, 0.4) is 0 Å². The monoisotopic (exact) mass is 240 g/mol. The molecule has 2 rings (SSSR count). The van der Waals surface area contributed by atoms with Crippen LogP contribution >= 0.6 is 35.0 Å². The lowest BCUT2D eigenvalue weighted by molar-refractivity contribution is -0.137. The van der Waals surface area contributed by atoms with Crippen LogP contribution < -0.4 is 0 Å². The number of rotatable bonds is 3. The Bertz CT molecular complexity index is 232. The summed E-state index contributed by atoms with van der Waals surface area (Å²) in [5.41, 5.74) is 0. The second kappa shape index (κ2) is 3.52. The highest BCUT2D eigenvalue weighted by atomic mass is 35.5. The van der Waals surface area contributed by atoms with Crippen molar-refractivity contribution in [3.8, 4) is 0 Å². The van der Waals surface area contributed by atoms with E-state index in [1.807, 2.05) is 0 Å². The first-order valence-electron chi connectivity index (χ1n) is 4.25. The average molecular weight is 241 g/mol. The molecule has 1 saturated carbocycles. The van der Waals surface area contributed by atoms with Crippen molar-refractivity contribution in [2.24, 2.45) is 5.92 Å². The van der Waals surface area contributed by atoms with E-state index >= 15 is 0 Å². The van der Waals surface area contributed by atoms with Crippen molar-refractivity contribution < 1.29 is 9.53 Å². The molecule has 0 radical (unpaired) electrons. The fourth-order valence-electron chi connectivity index (χ4n) is 1.31. The first-order chi connectivity index (χ1) is 6.09. The fourth-order valence-corrected chi connectivity index (χ4v) is 3.36. The summed E-state index contributed by atoms with van der Waals surface area (Å²) in [6.45, 7) is 0.564. The first kappa shape index (κ1) is 9.94. The zero-order chi connectivity index (χ0) is 9.47. The third-order valence-corrected chi connectivity index (χ3v) is 4.69. The van der Waals surface area contributed by atoms with Crippen LogP contribution in [0.1, 0.15) is 12.8 Å². The molecule has 0 bridgehead atoms. The quantitative estimate of drug-likeness (QED) is 0.559. The van der Waals surface area contributed by atoms with Crippen molar-refractivity contribution in [3.63, 3.8) is 0 Å².